The van der Waals surface area contributed by atoms with Gasteiger partial charge >= 0.3 is 0 Å². The zero-order valence-electron chi connectivity index (χ0n) is 11.8. The number of thiophene rings is 1. The first-order valence-electron chi connectivity index (χ1n) is 6.90. The van der Waals surface area contributed by atoms with Crippen LogP contribution in [-0.2, 0) is 11.3 Å². The molecular weight excluding hydrogens is 292 g/mol. The summed E-state index contributed by atoms with van der Waals surface area (Å²) in [5, 5.41) is 3.33. The molecule has 0 bridgehead atoms. The van der Waals surface area contributed by atoms with Gasteiger partial charge in [0, 0.05) is 18.0 Å². The highest BCUT2D eigenvalue weighted by Gasteiger charge is 2.37. The molecule has 110 valence electrons. The number of rotatable bonds is 5. The average molecular weight is 313 g/mol. The Bertz CT molecular complexity index is 480. The number of nitrogens with one attached hydrogen (secondary N) is 1. The molecule has 0 aromatic carbocycles. The van der Waals surface area contributed by atoms with Crippen LogP contribution >= 0.6 is 22.9 Å². The van der Waals surface area contributed by atoms with Crippen LogP contribution in [0.2, 0.25) is 4.34 Å². The van der Waals surface area contributed by atoms with Crippen LogP contribution in [0.4, 0.5) is 0 Å². The van der Waals surface area contributed by atoms with E-state index in [-0.39, 0.29) is 11.3 Å². The number of halogens is 1. The Balaban J connectivity index is 2.10. The molecule has 1 N–H and O–H groups in total. The Labute approximate surface area is 129 Å². The van der Waals surface area contributed by atoms with E-state index >= 15 is 0 Å². The van der Waals surface area contributed by atoms with E-state index in [0.29, 0.717) is 13.1 Å². The van der Waals surface area contributed by atoms with Crippen molar-refractivity contribution >= 4 is 28.8 Å². The molecule has 1 aromatic heterocycles. The van der Waals surface area contributed by atoms with E-state index in [1.54, 1.807) is 6.08 Å². The lowest BCUT2D eigenvalue weighted by atomic mass is 9.81. The molecular formula is C15H21ClN2OS. The monoisotopic (exact) mass is 312 g/mol. The van der Waals surface area contributed by atoms with Crippen molar-refractivity contribution in [3.63, 3.8) is 0 Å². The van der Waals surface area contributed by atoms with Gasteiger partial charge in [-0.3, -0.25) is 4.79 Å². The smallest absolute Gasteiger partial charge is 0.230 e. The summed E-state index contributed by atoms with van der Waals surface area (Å²) in [5.74, 6) is 0.203. The maximum Gasteiger partial charge on any atom is 0.230 e. The van der Waals surface area contributed by atoms with E-state index in [2.05, 4.69) is 18.8 Å². The topological polar surface area (TPSA) is 32.3 Å². The minimum atomic E-state index is -0.303. The quantitative estimate of drug-likeness (QED) is 0.846. The summed E-state index contributed by atoms with van der Waals surface area (Å²) >= 11 is 7.49. The Morgan fingerprint density at radius 1 is 1.65 bits per heavy atom. The fraction of sp³-hybridized carbons (Fsp3) is 0.533. The Morgan fingerprint density at radius 2 is 2.45 bits per heavy atom. The second-order valence-electron chi connectivity index (χ2n) is 5.52. The Morgan fingerprint density at radius 3 is 3.00 bits per heavy atom. The first-order chi connectivity index (χ1) is 9.55. The third-order valence-electron chi connectivity index (χ3n) is 3.73. The van der Waals surface area contributed by atoms with Crippen LogP contribution in [0.15, 0.2) is 24.8 Å². The zero-order valence-corrected chi connectivity index (χ0v) is 13.4. The van der Waals surface area contributed by atoms with E-state index in [0.717, 1.165) is 35.1 Å². The van der Waals surface area contributed by atoms with Crippen molar-refractivity contribution in [3.05, 3.63) is 34.0 Å². The third kappa shape index (κ3) is 3.62. The van der Waals surface area contributed by atoms with Gasteiger partial charge in [-0.1, -0.05) is 17.7 Å². The summed E-state index contributed by atoms with van der Waals surface area (Å²) in [5.41, 5.74) is -0.303. The second kappa shape index (κ2) is 6.74. The predicted molar refractivity (Wildman–Crippen MR) is 85.2 cm³/mol. The lowest BCUT2D eigenvalue weighted by Gasteiger charge is -2.37. The fourth-order valence-corrected chi connectivity index (χ4v) is 3.72. The molecule has 1 fully saturated rings. The van der Waals surface area contributed by atoms with Gasteiger partial charge in [-0.2, -0.15) is 0 Å². The van der Waals surface area contributed by atoms with E-state index in [1.807, 2.05) is 17.0 Å². The molecule has 5 heteroatoms. The second-order valence-corrected chi connectivity index (χ2v) is 7.32. The van der Waals surface area contributed by atoms with Crippen molar-refractivity contribution < 1.29 is 4.79 Å². The van der Waals surface area contributed by atoms with Gasteiger partial charge in [-0.15, -0.1) is 17.9 Å². The Hall–Kier alpha value is -0.840. The van der Waals surface area contributed by atoms with Gasteiger partial charge in [-0.25, -0.2) is 0 Å². The maximum atomic E-state index is 12.8. The Kier molecular flexibility index (Phi) is 5.24. The van der Waals surface area contributed by atoms with Crippen LogP contribution in [0.3, 0.4) is 0 Å². The average Bonchev–Trinajstić information content (AvgIpc) is 2.84. The predicted octanol–water partition coefficient (Wildman–Crippen LogP) is 3.31. The van der Waals surface area contributed by atoms with Gasteiger partial charge in [0.05, 0.1) is 16.3 Å². The molecule has 1 saturated heterocycles. The fourth-order valence-electron chi connectivity index (χ4n) is 2.62. The van der Waals surface area contributed by atoms with Gasteiger partial charge in [0.2, 0.25) is 5.91 Å². The highest BCUT2D eigenvalue weighted by molar-refractivity contribution is 7.16. The van der Waals surface area contributed by atoms with Crippen LogP contribution in [0, 0.1) is 5.41 Å². The first-order valence-corrected chi connectivity index (χ1v) is 8.10. The summed E-state index contributed by atoms with van der Waals surface area (Å²) in [6.45, 7) is 8.76. The molecule has 1 amide bonds. The summed E-state index contributed by atoms with van der Waals surface area (Å²) in [7, 11) is 0. The molecule has 0 saturated carbocycles. The number of amides is 1. The summed E-state index contributed by atoms with van der Waals surface area (Å²) in [4.78, 5) is 15.8. The molecule has 0 aliphatic carbocycles. The van der Waals surface area contributed by atoms with Gasteiger partial charge in [0.25, 0.3) is 0 Å². The molecule has 0 radical (unpaired) electrons. The van der Waals surface area contributed by atoms with E-state index < -0.39 is 0 Å². The van der Waals surface area contributed by atoms with Gasteiger partial charge < -0.3 is 10.2 Å². The van der Waals surface area contributed by atoms with Crippen molar-refractivity contribution in [1.29, 1.82) is 0 Å². The van der Waals surface area contributed by atoms with Crippen molar-refractivity contribution in [2.45, 2.75) is 26.3 Å². The lowest BCUT2D eigenvalue weighted by molar-refractivity contribution is -0.142. The largest absolute Gasteiger partial charge is 0.333 e. The standard InChI is InChI=1S/C15H21ClN2OS/c1-3-9-18(10-12-5-6-13(16)20-12)14(19)15(2)7-4-8-17-11-15/h3,5-6,17H,1,4,7-11H2,2H3. The molecule has 2 heterocycles. The van der Waals surface area contributed by atoms with E-state index in [4.69, 9.17) is 11.6 Å². The molecule has 2 rings (SSSR count). The van der Waals surface area contributed by atoms with Crippen LogP contribution in [-0.4, -0.2) is 30.4 Å². The summed E-state index contributed by atoms with van der Waals surface area (Å²) in [6, 6.07) is 3.86. The SMILES string of the molecule is C=CCN(Cc1ccc(Cl)s1)C(=O)C1(C)CCCNC1. The lowest BCUT2D eigenvalue weighted by Crippen LogP contribution is -2.50. The van der Waals surface area contributed by atoms with Crippen LogP contribution in [0.5, 0.6) is 0 Å². The number of nitrogens with zero attached hydrogens (tertiary/aromatic N) is 1. The van der Waals surface area contributed by atoms with Crippen molar-refractivity contribution in [3.8, 4) is 0 Å². The number of carbonyl (C=O) groups excluding carboxylic acids is 1. The van der Waals surface area contributed by atoms with Crippen molar-refractivity contribution in [2.24, 2.45) is 5.41 Å². The van der Waals surface area contributed by atoms with E-state index in [1.165, 1.54) is 11.3 Å². The number of hydrogen-bond donors (Lipinski definition) is 1. The minimum Gasteiger partial charge on any atom is -0.333 e. The minimum absolute atomic E-state index is 0.203. The van der Waals surface area contributed by atoms with Gasteiger partial charge in [0.15, 0.2) is 0 Å². The van der Waals surface area contributed by atoms with Crippen molar-refractivity contribution in [2.75, 3.05) is 19.6 Å². The van der Waals surface area contributed by atoms with E-state index in [9.17, 15) is 4.79 Å². The number of carbonyl (C=O) groups is 1. The molecule has 0 spiro atoms. The van der Waals surface area contributed by atoms with Gasteiger partial charge in [-0.05, 0) is 38.4 Å². The molecule has 1 atom stereocenters. The highest BCUT2D eigenvalue weighted by atomic mass is 35.5. The highest BCUT2D eigenvalue weighted by Crippen LogP contribution is 2.30. The first kappa shape index (κ1) is 15.5. The number of piperidine rings is 1. The molecule has 1 unspecified atom stereocenters. The van der Waals surface area contributed by atoms with Crippen molar-refractivity contribution in [1.82, 2.24) is 10.2 Å². The molecule has 1 aromatic rings. The van der Waals surface area contributed by atoms with Crippen LogP contribution in [0.25, 0.3) is 0 Å². The van der Waals surface area contributed by atoms with Crippen LogP contribution in [0.1, 0.15) is 24.6 Å². The third-order valence-corrected chi connectivity index (χ3v) is 4.94. The molecule has 1 aliphatic heterocycles. The molecule has 3 nitrogen and oxygen atoms in total. The normalized spacial score (nSPS) is 22.5. The zero-order chi connectivity index (χ0) is 14.6. The molecule has 1 aliphatic rings. The number of hydrogen-bond acceptors (Lipinski definition) is 3. The summed E-state index contributed by atoms with van der Waals surface area (Å²) in [6.07, 6.45) is 3.78. The van der Waals surface area contributed by atoms with Gasteiger partial charge in [0.1, 0.15) is 0 Å². The molecule has 20 heavy (non-hydrogen) atoms. The van der Waals surface area contributed by atoms with Crippen LogP contribution < -0.4 is 5.32 Å². The maximum absolute atomic E-state index is 12.8. The summed E-state index contributed by atoms with van der Waals surface area (Å²) < 4.78 is 0.761.